The number of carboxylic acids is 1. The summed E-state index contributed by atoms with van der Waals surface area (Å²) in [6.45, 7) is 0. The van der Waals surface area contributed by atoms with Crippen molar-refractivity contribution in [3.63, 3.8) is 0 Å². The Balaban J connectivity index is 2.25. The second-order valence-electron chi connectivity index (χ2n) is 3.87. The SMILES string of the molecule is O=CNC(Cc1ccc2ccccc2n1)C(=O)O. The van der Waals surface area contributed by atoms with Gasteiger partial charge < -0.3 is 10.4 Å². The molecular formula is C13H12N2O3. The van der Waals surface area contributed by atoms with Crippen LogP contribution in [0.3, 0.4) is 0 Å². The number of pyridine rings is 1. The summed E-state index contributed by atoms with van der Waals surface area (Å²) in [5, 5.41) is 12.2. The molecule has 0 radical (unpaired) electrons. The lowest BCUT2D eigenvalue weighted by Gasteiger charge is -2.10. The fourth-order valence-corrected chi connectivity index (χ4v) is 1.73. The summed E-state index contributed by atoms with van der Waals surface area (Å²) in [6.07, 6.45) is 0.554. The number of nitrogens with one attached hydrogen (secondary N) is 1. The predicted octanol–water partition coefficient (Wildman–Crippen LogP) is 0.976. The van der Waals surface area contributed by atoms with Crippen molar-refractivity contribution in [3.8, 4) is 0 Å². The van der Waals surface area contributed by atoms with E-state index < -0.39 is 12.0 Å². The molecule has 5 nitrogen and oxygen atoms in total. The van der Waals surface area contributed by atoms with Gasteiger partial charge in [0.1, 0.15) is 6.04 Å². The van der Waals surface area contributed by atoms with Crippen molar-refractivity contribution >= 4 is 23.3 Å². The van der Waals surface area contributed by atoms with Crippen LogP contribution < -0.4 is 5.32 Å². The van der Waals surface area contributed by atoms with E-state index >= 15 is 0 Å². The van der Waals surface area contributed by atoms with Gasteiger partial charge >= 0.3 is 5.97 Å². The first-order valence-electron chi connectivity index (χ1n) is 5.48. The Morgan fingerprint density at radius 3 is 2.83 bits per heavy atom. The van der Waals surface area contributed by atoms with Crippen LogP contribution in [0.15, 0.2) is 36.4 Å². The Labute approximate surface area is 103 Å². The molecule has 0 fully saturated rings. The lowest BCUT2D eigenvalue weighted by atomic mass is 10.1. The normalized spacial score (nSPS) is 12.0. The average molecular weight is 244 g/mol. The zero-order valence-corrected chi connectivity index (χ0v) is 9.54. The lowest BCUT2D eigenvalue weighted by Crippen LogP contribution is -2.37. The Hall–Kier alpha value is -2.43. The smallest absolute Gasteiger partial charge is 0.326 e. The van der Waals surface area contributed by atoms with Gasteiger partial charge in [0.05, 0.1) is 5.52 Å². The number of carbonyl (C=O) groups excluding carboxylic acids is 1. The number of hydrogen-bond donors (Lipinski definition) is 2. The highest BCUT2D eigenvalue weighted by Crippen LogP contribution is 2.12. The Bertz CT molecular complexity index is 583. The topological polar surface area (TPSA) is 79.3 Å². The van der Waals surface area contributed by atoms with Crippen LogP contribution in [-0.2, 0) is 16.0 Å². The van der Waals surface area contributed by atoms with Gasteiger partial charge in [-0.15, -0.1) is 0 Å². The molecule has 0 saturated heterocycles. The number of aromatic nitrogens is 1. The monoisotopic (exact) mass is 244 g/mol. The number of carboxylic acid groups (broad SMARTS) is 1. The highest BCUT2D eigenvalue weighted by atomic mass is 16.4. The Morgan fingerprint density at radius 1 is 1.33 bits per heavy atom. The van der Waals surface area contributed by atoms with Crippen molar-refractivity contribution < 1.29 is 14.7 Å². The molecule has 0 bridgehead atoms. The number of para-hydroxylation sites is 1. The first kappa shape index (κ1) is 12.0. The summed E-state index contributed by atoms with van der Waals surface area (Å²) in [4.78, 5) is 25.6. The minimum Gasteiger partial charge on any atom is -0.480 e. The second-order valence-corrected chi connectivity index (χ2v) is 3.87. The van der Waals surface area contributed by atoms with Gasteiger partial charge in [-0.2, -0.15) is 0 Å². The molecule has 2 rings (SSSR count). The quantitative estimate of drug-likeness (QED) is 0.768. The minimum atomic E-state index is -1.07. The van der Waals surface area contributed by atoms with Crippen molar-refractivity contribution in [3.05, 3.63) is 42.1 Å². The van der Waals surface area contributed by atoms with Crippen LogP contribution in [0.2, 0.25) is 0 Å². The largest absolute Gasteiger partial charge is 0.480 e. The second kappa shape index (κ2) is 5.27. The van der Waals surface area contributed by atoms with E-state index in [-0.39, 0.29) is 6.42 Å². The predicted molar refractivity (Wildman–Crippen MR) is 66.1 cm³/mol. The zero-order chi connectivity index (χ0) is 13.0. The van der Waals surface area contributed by atoms with Crippen LogP contribution in [-0.4, -0.2) is 28.5 Å². The van der Waals surface area contributed by atoms with Gasteiger partial charge in [0.25, 0.3) is 0 Å². The van der Waals surface area contributed by atoms with E-state index in [1.165, 1.54) is 0 Å². The molecule has 0 aliphatic rings. The first-order valence-corrected chi connectivity index (χ1v) is 5.48. The molecule has 1 aromatic carbocycles. The van der Waals surface area contributed by atoms with E-state index in [1.54, 1.807) is 6.07 Å². The molecule has 2 N–H and O–H groups in total. The molecule has 0 saturated carbocycles. The van der Waals surface area contributed by atoms with Crippen LogP contribution in [0.1, 0.15) is 5.69 Å². The molecule has 2 aromatic rings. The van der Waals surface area contributed by atoms with E-state index in [2.05, 4.69) is 10.3 Å². The van der Waals surface area contributed by atoms with Gasteiger partial charge in [-0.3, -0.25) is 9.78 Å². The first-order chi connectivity index (χ1) is 8.70. The molecule has 0 aliphatic heterocycles. The third-order valence-corrected chi connectivity index (χ3v) is 2.64. The molecule has 18 heavy (non-hydrogen) atoms. The highest BCUT2D eigenvalue weighted by Gasteiger charge is 2.17. The standard InChI is InChI=1S/C13H12N2O3/c16-8-14-12(13(17)18)7-10-6-5-9-3-1-2-4-11(9)15-10/h1-6,8,12H,7H2,(H,14,16)(H,17,18). The van der Waals surface area contributed by atoms with Crippen molar-refractivity contribution in [2.45, 2.75) is 12.5 Å². The summed E-state index contributed by atoms with van der Waals surface area (Å²) >= 11 is 0. The van der Waals surface area contributed by atoms with Crippen LogP contribution >= 0.6 is 0 Å². The van der Waals surface area contributed by atoms with Gasteiger partial charge in [-0.05, 0) is 12.1 Å². The van der Waals surface area contributed by atoms with E-state index in [0.29, 0.717) is 12.1 Å². The summed E-state index contributed by atoms with van der Waals surface area (Å²) < 4.78 is 0. The van der Waals surface area contributed by atoms with Crippen molar-refractivity contribution in [2.24, 2.45) is 0 Å². The number of benzene rings is 1. The zero-order valence-electron chi connectivity index (χ0n) is 9.54. The molecule has 1 amide bonds. The average Bonchev–Trinajstić information content (AvgIpc) is 2.38. The Morgan fingerprint density at radius 2 is 2.11 bits per heavy atom. The van der Waals surface area contributed by atoms with E-state index in [4.69, 9.17) is 5.11 Å². The van der Waals surface area contributed by atoms with E-state index in [1.807, 2.05) is 30.3 Å². The third-order valence-electron chi connectivity index (χ3n) is 2.64. The summed E-state index contributed by atoms with van der Waals surface area (Å²) in [5.41, 5.74) is 1.45. The van der Waals surface area contributed by atoms with Crippen LogP contribution in [0.4, 0.5) is 0 Å². The fourth-order valence-electron chi connectivity index (χ4n) is 1.73. The molecule has 0 spiro atoms. The number of rotatable bonds is 5. The minimum absolute atomic E-state index is 0.166. The lowest BCUT2D eigenvalue weighted by molar-refractivity contribution is -0.140. The van der Waals surface area contributed by atoms with Crippen molar-refractivity contribution in [1.29, 1.82) is 0 Å². The van der Waals surface area contributed by atoms with Crippen LogP contribution in [0.25, 0.3) is 10.9 Å². The molecule has 1 atom stereocenters. The maximum absolute atomic E-state index is 10.9. The summed E-state index contributed by atoms with van der Waals surface area (Å²) in [6, 6.07) is 10.3. The fraction of sp³-hybridized carbons (Fsp3) is 0.154. The molecule has 1 unspecified atom stereocenters. The number of amides is 1. The van der Waals surface area contributed by atoms with Gasteiger partial charge in [0.2, 0.25) is 6.41 Å². The van der Waals surface area contributed by atoms with Gasteiger partial charge in [0, 0.05) is 17.5 Å². The number of nitrogens with zero attached hydrogens (tertiary/aromatic N) is 1. The number of carbonyl (C=O) groups is 2. The molecule has 0 aliphatic carbocycles. The number of hydrogen-bond acceptors (Lipinski definition) is 3. The summed E-state index contributed by atoms with van der Waals surface area (Å²) in [5.74, 6) is -1.07. The van der Waals surface area contributed by atoms with Gasteiger partial charge in [0.15, 0.2) is 0 Å². The summed E-state index contributed by atoms with van der Waals surface area (Å²) in [7, 11) is 0. The van der Waals surface area contributed by atoms with E-state index in [0.717, 1.165) is 10.9 Å². The van der Waals surface area contributed by atoms with Crippen LogP contribution in [0.5, 0.6) is 0 Å². The highest BCUT2D eigenvalue weighted by molar-refractivity contribution is 5.79. The third kappa shape index (κ3) is 2.63. The van der Waals surface area contributed by atoms with Crippen LogP contribution in [0, 0.1) is 0 Å². The maximum atomic E-state index is 10.9. The number of fused-ring (bicyclic) bond motifs is 1. The van der Waals surface area contributed by atoms with Gasteiger partial charge in [-0.25, -0.2) is 4.79 Å². The van der Waals surface area contributed by atoms with Gasteiger partial charge in [-0.1, -0.05) is 24.3 Å². The van der Waals surface area contributed by atoms with Crippen molar-refractivity contribution in [2.75, 3.05) is 0 Å². The molecule has 5 heteroatoms. The van der Waals surface area contributed by atoms with E-state index in [9.17, 15) is 9.59 Å². The number of aliphatic carboxylic acids is 1. The molecule has 1 aromatic heterocycles. The maximum Gasteiger partial charge on any atom is 0.326 e. The molecule has 92 valence electrons. The molecule has 1 heterocycles. The Kier molecular flexibility index (Phi) is 3.52. The van der Waals surface area contributed by atoms with Crippen molar-refractivity contribution in [1.82, 2.24) is 10.3 Å². The molecular weight excluding hydrogens is 232 g/mol.